The Morgan fingerprint density at radius 3 is 2.64 bits per heavy atom. The summed E-state index contributed by atoms with van der Waals surface area (Å²) in [5.41, 5.74) is 2.61. The molecule has 0 spiro atoms. The quantitative estimate of drug-likeness (QED) is 0.688. The number of hydrogen-bond donors (Lipinski definition) is 0. The van der Waals surface area contributed by atoms with Crippen molar-refractivity contribution in [2.75, 3.05) is 0 Å². The number of aryl methyl sites for hydroxylation is 2. The second-order valence-electron chi connectivity index (χ2n) is 2.55. The molecule has 0 aliphatic rings. The lowest BCUT2D eigenvalue weighted by Gasteiger charge is -2.04. The van der Waals surface area contributed by atoms with Crippen LogP contribution in [0.1, 0.15) is 18.1 Å². The predicted octanol–water partition coefficient (Wildman–Crippen LogP) is 3.97. The van der Waals surface area contributed by atoms with Crippen molar-refractivity contribution in [1.29, 1.82) is 0 Å². The van der Waals surface area contributed by atoms with Gasteiger partial charge in [-0.3, -0.25) is 0 Å². The topological polar surface area (TPSA) is 0 Å². The fourth-order valence-corrected chi connectivity index (χ4v) is 1.71. The molecule has 0 aromatic heterocycles. The minimum Gasteiger partial charge on any atom is -0.0831 e. The normalized spacial score (nSPS) is 10.2. The molecule has 0 nitrogen and oxygen atoms in total. The van der Waals surface area contributed by atoms with Gasteiger partial charge in [-0.25, -0.2) is 0 Å². The molecule has 0 fully saturated rings. The SMILES string of the molecule is CCc1cc(Cl)c(Br)cc1C. The molecule has 0 saturated carbocycles. The molecule has 0 unspecified atom stereocenters. The van der Waals surface area contributed by atoms with Crippen LogP contribution in [0, 0.1) is 6.92 Å². The number of rotatable bonds is 1. The van der Waals surface area contributed by atoms with Crippen LogP contribution < -0.4 is 0 Å². The van der Waals surface area contributed by atoms with E-state index in [2.05, 4.69) is 35.8 Å². The molecule has 0 N–H and O–H groups in total. The zero-order valence-electron chi connectivity index (χ0n) is 6.62. The molecule has 0 radical (unpaired) electrons. The van der Waals surface area contributed by atoms with Crippen LogP contribution in [0.3, 0.4) is 0 Å². The summed E-state index contributed by atoms with van der Waals surface area (Å²) in [5, 5.41) is 0.799. The third-order valence-corrected chi connectivity index (χ3v) is 2.96. The zero-order valence-corrected chi connectivity index (χ0v) is 8.96. The van der Waals surface area contributed by atoms with Crippen molar-refractivity contribution in [2.24, 2.45) is 0 Å². The minimum atomic E-state index is 0.799. The monoisotopic (exact) mass is 232 g/mol. The fourth-order valence-electron chi connectivity index (χ4n) is 1.07. The molecule has 11 heavy (non-hydrogen) atoms. The van der Waals surface area contributed by atoms with Gasteiger partial charge in [0.05, 0.1) is 5.02 Å². The van der Waals surface area contributed by atoms with Gasteiger partial charge in [-0.1, -0.05) is 18.5 Å². The molecule has 1 aromatic rings. The maximum Gasteiger partial charge on any atom is 0.0551 e. The van der Waals surface area contributed by atoms with Gasteiger partial charge in [-0.2, -0.15) is 0 Å². The molecule has 0 saturated heterocycles. The van der Waals surface area contributed by atoms with Gasteiger partial charge >= 0.3 is 0 Å². The van der Waals surface area contributed by atoms with Crippen LogP contribution in [-0.2, 0) is 6.42 Å². The van der Waals surface area contributed by atoms with Gasteiger partial charge in [-0.15, -0.1) is 0 Å². The molecule has 0 atom stereocenters. The predicted molar refractivity (Wildman–Crippen MR) is 53.3 cm³/mol. The molecule has 60 valence electrons. The van der Waals surface area contributed by atoms with Crippen molar-refractivity contribution in [2.45, 2.75) is 20.3 Å². The lowest BCUT2D eigenvalue weighted by Crippen LogP contribution is -1.86. The summed E-state index contributed by atoms with van der Waals surface area (Å²) in [5.74, 6) is 0. The average molecular weight is 234 g/mol. The summed E-state index contributed by atoms with van der Waals surface area (Å²) in [4.78, 5) is 0. The van der Waals surface area contributed by atoms with Gasteiger partial charge in [0.1, 0.15) is 0 Å². The van der Waals surface area contributed by atoms with Crippen LogP contribution in [0.4, 0.5) is 0 Å². The van der Waals surface area contributed by atoms with Crippen molar-refractivity contribution in [3.8, 4) is 0 Å². The van der Waals surface area contributed by atoms with E-state index in [1.165, 1.54) is 11.1 Å². The third-order valence-electron chi connectivity index (χ3n) is 1.76. The van der Waals surface area contributed by atoms with E-state index in [9.17, 15) is 0 Å². The molecular weight excluding hydrogens is 223 g/mol. The Bertz CT molecular complexity index is 269. The van der Waals surface area contributed by atoms with Crippen molar-refractivity contribution >= 4 is 27.5 Å². The maximum atomic E-state index is 5.92. The standard InChI is InChI=1S/C9H10BrCl/c1-3-7-5-9(11)8(10)4-6(7)2/h4-5H,3H2,1-2H3. The van der Waals surface area contributed by atoms with Gasteiger partial charge in [0.25, 0.3) is 0 Å². The Hall–Kier alpha value is -0.0100. The minimum absolute atomic E-state index is 0.799. The average Bonchev–Trinajstić information content (AvgIpc) is 1.97. The Morgan fingerprint density at radius 1 is 1.45 bits per heavy atom. The first-order valence-corrected chi connectivity index (χ1v) is 4.76. The maximum absolute atomic E-state index is 5.92. The molecule has 1 rings (SSSR count). The van der Waals surface area contributed by atoms with Crippen molar-refractivity contribution in [1.82, 2.24) is 0 Å². The first-order chi connectivity index (χ1) is 5.15. The Morgan fingerprint density at radius 2 is 2.09 bits per heavy atom. The molecule has 2 heteroatoms. The summed E-state index contributed by atoms with van der Waals surface area (Å²) in [6, 6.07) is 4.07. The van der Waals surface area contributed by atoms with Crippen LogP contribution >= 0.6 is 27.5 Å². The van der Waals surface area contributed by atoms with Crippen LogP contribution in [0.2, 0.25) is 5.02 Å². The number of halogens is 2. The van der Waals surface area contributed by atoms with Crippen LogP contribution in [0.5, 0.6) is 0 Å². The van der Waals surface area contributed by atoms with E-state index in [0.29, 0.717) is 0 Å². The first kappa shape index (κ1) is 9.08. The zero-order chi connectivity index (χ0) is 8.43. The highest BCUT2D eigenvalue weighted by molar-refractivity contribution is 9.10. The summed E-state index contributed by atoms with van der Waals surface area (Å²) in [7, 11) is 0. The largest absolute Gasteiger partial charge is 0.0831 e. The Kier molecular flexibility index (Phi) is 2.97. The van der Waals surface area contributed by atoms with Crippen molar-refractivity contribution < 1.29 is 0 Å². The first-order valence-electron chi connectivity index (χ1n) is 3.59. The molecule has 0 aliphatic heterocycles. The van der Waals surface area contributed by atoms with E-state index in [-0.39, 0.29) is 0 Å². The van der Waals surface area contributed by atoms with Crippen LogP contribution in [0.25, 0.3) is 0 Å². The van der Waals surface area contributed by atoms with E-state index >= 15 is 0 Å². The van der Waals surface area contributed by atoms with Gasteiger partial charge in [0.2, 0.25) is 0 Å². The third kappa shape index (κ3) is 1.97. The molecular formula is C9H10BrCl. The fraction of sp³-hybridized carbons (Fsp3) is 0.333. The van der Waals surface area contributed by atoms with Crippen molar-refractivity contribution in [3.05, 3.63) is 32.8 Å². The molecule has 0 bridgehead atoms. The van der Waals surface area contributed by atoms with E-state index in [4.69, 9.17) is 11.6 Å². The van der Waals surface area contributed by atoms with Gasteiger partial charge in [0.15, 0.2) is 0 Å². The summed E-state index contributed by atoms with van der Waals surface area (Å²) in [6.45, 7) is 4.23. The van der Waals surface area contributed by atoms with Gasteiger partial charge in [-0.05, 0) is 52.5 Å². The summed E-state index contributed by atoms with van der Waals surface area (Å²) < 4.78 is 0.980. The highest BCUT2D eigenvalue weighted by Gasteiger charge is 2.01. The Labute approximate surface area is 80.7 Å². The van der Waals surface area contributed by atoms with E-state index < -0.39 is 0 Å². The van der Waals surface area contributed by atoms with E-state index in [1.54, 1.807) is 0 Å². The van der Waals surface area contributed by atoms with Gasteiger partial charge in [0, 0.05) is 4.47 Å². The van der Waals surface area contributed by atoms with Crippen LogP contribution in [-0.4, -0.2) is 0 Å². The smallest absolute Gasteiger partial charge is 0.0551 e. The molecule has 1 aromatic carbocycles. The molecule has 0 heterocycles. The van der Waals surface area contributed by atoms with Gasteiger partial charge < -0.3 is 0 Å². The summed E-state index contributed by atoms with van der Waals surface area (Å²) in [6.07, 6.45) is 1.04. The number of hydrogen-bond acceptors (Lipinski definition) is 0. The Balaban J connectivity index is 3.21. The summed E-state index contributed by atoms with van der Waals surface area (Å²) >= 11 is 9.30. The van der Waals surface area contributed by atoms with E-state index in [0.717, 1.165) is 15.9 Å². The van der Waals surface area contributed by atoms with Crippen molar-refractivity contribution in [3.63, 3.8) is 0 Å². The molecule has 0 amide bonds. The number of benzene rings is 1. The highest BCUT2D eigenvalue weighted by Crippen LogP contribution is 2.26. The highest BCUT2D eigenvalue weighted by atomic mass is 79.9. The lowest BCUT2D eigenvalue weighted by atomic mass is 10.1. The second kappa shape index (κ2) is 3.59. The molecule has 0 aliphatic carbocycles. The van der Waals surface area contributed by atoms with Crippen LogP contribution in [0.15, 0.2) is 16.6 Å². The second-order valence-corrected chi connectivity index (χ2v) is 3.81. The lowest BCUT2D eigenvalue weighted by molar-refractivity contribution is 1.11. The van der Waals surface area contributed by atoms with E-state index in [1.807, 2.05) is 6.07 Å².